The highest BCUT2D eigenvalue weighted by molar-refractivity contribution is 8.26. The van der Waals surface area contributed by atoms with Crippen molar-refractivity contribution in [2.45, 2.75) is 19.9 Å². The number of thioether (sulfide) groups is 1. The van der Waals surface area contributed by atoms with Crippen LogP contribution in [0.1, 0.15) is 29.9 Å². The number of aromatic nitrogens is 2. The molecular formula is C18H16N4O3S2. The number of carbonyl (C=O) groups excluding carboxylic acids is 2. The maximum Gasteiger partial charge on any atom is 0.265 e. The first-order valence-corrected chi connectivity index (χ1v) is 9.50. The minimum atomic E-state index is -0.260. The highest BCUT2D eigenvalue weighted by Crippen LogP contribution is 2.39. The molecule has 3 heterocycles. The van der Waals surface area contributed by atoms with Crippen LogP contribution in [0.5, 0.6) is 5.75 Å². The van der Waals surface area contributed by atoms with Gasteiger partial charge in [-0.1, -0.05) is 30.0 Å². The predicted molar refractivity (Wildman–Crippen MR) is 107 cm³/mol. The molecule has 1 unspecified atom stereocenters. The van der Waals surface area contributed by atoms with E-state index in [1.807, 2.05) is 32.0 Å². The summed E-state index contributed by atoms with van der Waals surface area (Å²) in [4.78, 5) is 26.7. The summed E-state index contributed by atoms with van der Waals surface area (Å²) in [6, 6.07) is 7.15. The SMILES string of the molecule is Cc1cc(C(C)N2C(=O)COc3ccc(C=C4SC(=S)NC4=O)cc32)n[nH]1. The molecule has 2 amide bonds. The fraction of sp³-hybridized carbons (Fsp3) is 0.222. The van der Waals surface area contributed by atoms with Gasteiger partial charge in [0.1, 0.15) is 10.1 Å². The number of aryl methyl sites for hydroxylation is 1. The second kappa shape index (κ2) is 6.82. The van der Waals surface area contributed by atoms with Crippen molar-refractivity contribution in [2.75, 3.05) is 11.5 Å². The topological polar surface area (TPSA) is 87.3 Å². The molecule has 0 bridgehead atoms. The van der Waals surface area contributed by atoms with Crippen LogP contribution in [0.2, 0.25) is 0 Å². The smallest absolute Gasteiger partial charge is 0.265 e. The molecule has 1 fully saturated rings. The van der Waals surface area contributed by atoms with Gasteiger partial charge >= 0.3 is 0 Å². The molecule has 2 aliphatic rings. The van der Waals surface area contributed by atoms with E-state index in [0.717, 1.165) is 17.0 Å². The standard InChI is InChI=1S/C18H16N4O3S2/c1-9-5-12(21-20-9)10(2)22-13-6-11(3-4-14(13)25-8-16(22)23)7-15-17(24)19-18(26)27-15/h3-7,10H,8H2,1-2H3,(H,20,21)(H,19,24,26). The molecule has 9 heteroatoms. The van der Waals surface area contributed by atoms with Crippen molar-refractivity contribution in [2.24, 2.45) is 0 Å². The fourth-order valence-corrected chi connectivity index (χ4v) is 4.10. The minimum Gasteiger partial charge on any atom is -0.482 e. The largest absolute Gasteiger partial charge is 0.482 e. The highest BCUT2D eigenvalue weighted by atomic mass is 32.2. The molecular weight excluding hydrogens is 384 g/mol. The Morgan fingerprint density at radius 1 is 1.37 bits per heavy atom. The molecule has 27 heavy (non-hydrogen) atoms. The Morgan fingerprint density at radius 3 is 2.85 bits per heavy atom. The van der Waals surface area contributed by atoms with Crippen molar-refractivity contribution in [3.63, 3.8) is 0 Å². The number of aromatic amines is 1. The van der Waals surface area contributed by atoms with Gasteiger partial charge in [0.2, 0.25) is 0 Å². The van der Waals surface area contributed by atoms with Crippen LogP contribution in [-0.2, 0) is 9.59 Å². The second-order valence-corrected chi connectivity index (χ2v) is 8.00. The first-order chi connectivity index (χ1) is 12.9. The minimum absolute atomic E-state index is 0.0201. The van der Waals surface area contributed by atoms with Gasteiger partial charge in [-0.25, -0.2) is 0 Å². The first kappa shape index (κ1) is 17.7. The van der Waals surface area contributed by atoms with E-state index in [-0.39, 0.29) is 24.5 Å². The van der Waals surface area contributed by atoms with Crippen LogP contribution in [0, 0.1) is 6.92 Å². The predicted octanol–water partition coefficient (Wildman–Crippen LogP) is 2.69. The van der Waals surface area contributed by atoms with Gasteiger partial charge in [-0.2, -0.15) is 5.10 Å². The van der Waals surface area contributed by atoms with E-state index in [0.29, 0.717) is 20.7 Å². The van der Waals surface area contributed by atoms with Crippen molar-refractivity contribution < 1.29 is 14.3 Å². The van der Waals surface area contributed by atoms with Gasteiger partial charge < -0.3 is 10.1 Å². The summed E-state index contributed by atoms with van der Waals surface area (Å²) in [5, 5.41) is 9.78. The molecule has 2 N–H and O–H groups in total. The number of fused-ring (bicyclic) bond motifs is 1. The van der Waals surface area contributed by atoms with Gasteiger partial charge in [-0.15, -0.1) is 0 Å². The number of thiocarbonyl (C=S) groups is 1. The lowest BCUT2D eigenvalue weighted by Gasteiger charge is -2.33. The monoisotopic (exact) mass is 400 g/mol. The molecule has 2 aliphatic heterocycles. The molecule has 0 spiro atoms. The van der Waals surface area contributed by atoms with Gasteiger partial charge in [0.25, 0.3) is 11.8 Å². The molecule has 1 aromatic heterocycles. The Bertz CT molecular complexity index is 998. The number of nitrogens with one attached hydrogen (secondary N) is 2. The van der Waals surface area contributed by atoms with Crippen molar-refractivity contribution in [3.05, 3.63) is 46.1 Å². The average Bonchev–Trinajstić information content (AvgIpc) is 3.19. The lowest BCUT2D eigenvalue weighted by atomic mass is 10.1. The molecule has 0 aliphatic carbocycles. The lowest BCUT2D eigenvalue weighted by molar-refractivity contribution is -0.121. The number of rotatable bonds is 3. The number of hydrogen-bond donors (Lipinski definition) is 2. The number of carbonyl (C=O) groups is 2. The number of amides is 2. The fourth-order valence-electron chi connectivity index (χ4n) is 3.06. The van der Waals surface area contributed by atoms with Crippen LogP contribution in [-0.4, -0.2) is 32.9 Å². The Morgan fingerprint density at radius 2 is 2.19 bits per heavy atom. The third-order valence-corrected chi connectivity index (χ3v) is 5.51. The zero-order valence-electron chi connectivity index (χ0n) is 14.6. The van der Waals surface area contributed by atoms with E-state index in [1.165, 1.54) is 11.8 Å². The third kappa shape index (κ3) is 3.35. The molecule has 7 nitrogen and oxygen atoms in total. The first-order valence-electron chi connectivity index (χ1n) is 8.28. The van der Waals surface area contributed by atoms with Gasteiger partial charge in [0.05, 0.1) is 22.3 Å². The van der Waals surface area contributed by atoms with E-state index in [4.69, 9.17) is 17.0 Å². The molecule has 0 radical (unpaired) electrons. The van der Waals surface area contributed by atoms with Crippen LogP contribution < -0.4 is 15.0 Å². The highest BCUT2D eigenvalue weighted by Gasteiger charge is 2.31. The average molecular weight is 400 g/mol. The number of nitrogens with zero attached hydrogens (tertiary/aromatic N) is 2. The van der Waals surface area contributed by atoms with Gasteiger partial charge in [0, 0.05) is 5.69 Å². The van der Waals surface area contributed by atoms with Crippen LogP contribution in [0.25, 0.3) is 6.08 Å². The summed E-state index contributed by atoms with van der Waals surface area (Å²) in [7, 11) is 0. The van der Waals surface area contributed by atoms with Crippen LogP contribution in [0.4, 0.5) is 5.69 Å². The Hall–Kier alpha value is -2.65. The summed E-state index contributed by atoms with van der Waals surface area (Å²) >= 11 is 6.24. The second-order valence-electron chi connectivity index (χ2n) is 6.28. The Balaban J connectivity index is 1.72. The van der Waals surface area contributed by atoms with Gasteiger partial charge in [-0.3, -0.25) is 19.6 Å². The number of anilines is 1. The summed E-state index contributed by atoms with van der Waals surface area (Å²) < 4.78 is 6.01. The van der Waals surface area contributed by atoms with Crippen LogP contribution in [0.15, 0.2) is 29.2 Å². The Labute approximate surface area is 165 Å². The number of H-pyrrole nitrogens is 1. The van der Waals surface area contributed by atoms with Gasteiger partial charge in [0.15, 0.2) is 6.61 Å². The van der Waals surface area contributed by atoms with Crippen molar-refractivity contribution in [1.29, 1.82) is 0 Å². The van der Waals surface area contributed by atoms with E-state index >= 15 is 0 Å². The zero-order valence-corrected chi connectivity index (χ0v) is 16.2. The number of ether oxygens (including phenoxy) is 1. The van der Waals surface area contributed by atoms with E-state index in [2.05, 4.69) is 15.5 Å². The molecule has 0 saturated carbocycles. The number of benzene rings is 1. The summed E-state index contributed by atoms with van der Waals surface area (Å²) in [5.41, 5.74) is 3.13. The maximum atomic E-state index is 12.6. The maximum absolute atomic E-state index is 12.6. The zero-order chi connectivity index (χ0) is 19.1. The molecule has 1 atom stereocenters. The molecule has 1 saturated heterocycles. The third-order valence-electron chi connectivity index (χ3n) is 4.34. The van der Waals surface area contributed by atoms with E-state index in [1.54, 1.807) is 17.0 Å². The van der Waals surface area contributed by atoms with Crippen LogP contribution >= 0.6 is 24.0 Å². The normalized spacial score (nSPS) is 19.1. The van der Waals surface area contributed by atoms with Crippen molar-refractivity contribution >= 4 is 51.9 Å². The Kier molecular flexibility index (Phi) is 4.48. The van der Waals surface area contributed by atoms with Gasteiger partial charge in [-0.05, 0) is 43.7 Å². The van der Waals surface area contributed by atoms with E-state index < -0.39 is 0 Å². The quantitative estimate of drug-likeness (QED) is 0.609. The lowest BCUT2D eigenvalue weighted by Crippen LogP contribution is -2.40. The summed E-state index contributed by atoms with van der Waals surface area (Å²) in [6.45, 7) is 3.82. The van der Waals surface area contributed by atoms with E-state index in [9.17, 15) is 9.59 Å². The number of hydrogen-bond acceptors (Lipinski definition) is 6. The van der Waals surface area contributed by atoms with Crippen molar-refractivity contribution in [3.8, 4) is 5.75 Å². The summed E-state index contributed by atoms with van der Waals surface area (Å²) in [5.74, 6) is 0.261. The van der Waals surface area contributed by atoms with Crippen molar-refractivity contribution in [1.82, 2.24) is 15.5 Å². The summed E-state index contributed by atoms with van der Waals surface area (Å²) in [6.07, 6.45) is 1.75. The molecule has 1 aromatic carbocycles. The van der Waals surface area contributed by atoms with Crippen LogP contribution in [0.3, 0.4) is 0 Å². The molecule has 2 aromatic rings. The molecule has 4 rings (SSSR count). The molecule has 138 valence electrons.